The van der Waals surface area contributed by atoms with E-state index in [4.69, 9.17) is 0 Å². The van der Waals surface area contributed by atoms with E-state index in [-0.39, 0.29) is 12.1 Å². The van der Waals surface area contributed by atoms with Crippen molar-refractivity contribution in [1.29, 1.82) is 0 Å². The fourth-order valence-corrected chi connectivity index (χ4v) is 2.48. The summed E-state index contributed by atoms with van der Waals surface area (Å²) >= 11 is 0. The fourth-order valence-electron chi connectivity index (χ4n) is 2.48. The summed E-state index contributed by atoms with van der Waals surface area (Å²) in [5.41, 5.74) is 1.15. The van der Waals surface area contributed by atoms with Gasteiger partial charge in [0.15, 0.2) is 0 Å². The maximum Gasteiger partial charge on any atom is 0.317 e. The lowest BCUT2D eigenvalue weighted by Crippen LogP contribution is -2.45. The third-order valence-electron chi connectivity index (χ3n) is 3.58. The summed E-state index contributed by atoms with van der Waals surface area (Å²) in [4.78, 5) is 14.1. The van der Waals surface area contributed by atoms with Gasteiger partial charge < -0.3 is 10.2 Å². The highest BCUT2D eigenvalue weighted by atomic mass is 16.2. The van der Waals surface area contributed by atoms with E-state index in [1.54, 1.807) is 0 Å². The number of piperidine rings is 1. The van der Waals surface area contributed by atoms with Crippen molar-refractivity contribution in [2.75, 3.05) is 13.1 Å². The monoisotopic (exact) mass is 246 g/mol. The summed E-state index contributed by atoms with van der Waals surface area (Å²) in [6, 6.07) is 10.2. The first-order valence-electron chi connectivity index (χ1n) is 6.77. The summed E-state index contributed by atoms with van der Waals surface area (Å²) in [7, 11) is 0. The van der Waals surface area contributed by atoms with E-state index >= 15 is 0 Å². The molecule has 1 heterocycles. The zero-order valence-electron chi connectivity index (χ0n) is 11.2. The fraction of sp³-hybridized carbons (Fsp3) is 0.533. The van der Waals surface area contributed by atoms with Crippen LogP contribution in [0.5, 0.6) is 0 Å². The van der Waals surface area contributed by atoms with Gasteiger partial charge in [0.25, 0.3) is 0 Å². The molecule has 0 aliphatic carbocycles. The molecule has 1 aromatic rings. The molecule has 0 radical (unpaired) electrons. The maximum atomic E-state index is 12.1. The summed E-state index contributed by atoms with van der Waals surface area (Å²) < 4.78 is 0. The minimum Gasteiger partial charge on any atom is -0.331 e. The molecule has 0 aromatic heterocycles. The Kier molecular flexibility index (Phi) is 4.24. The Morgan fingerprint density at radius 2 is 2.11 bits per heavy atom. The minimum atomic E-state index is 0.0657. The van der Waals surface area contributed by atoms with Crippen LogP contribution in [-0.4, -0.2) is 24.0 Å². The van der Waals surface area contributed by atoms with Crippen molar-refractivity contribution in [3.8, 4) is 0 Å². The number of likely N-dealkylation sites (tertiary alicyclic amines) is 1. The second kappa shape index (κ2) is 5.89. The first-order valence-corrected chi connectivity index (χ1v) is 6.77. The van der Waals surface area contributed by atoms with Crippen LogP contribution >= 0.6 is 0 Å². The first kappa shape index (κ1) is 12.9. The standard InChI is InChI=1S/C15H22N2O/c1-12-7-6-10-17(11-12)15(18)16-13(2)14-8-4-3-5-9-14/h3-5,8-9,12-13H,6-7,10-11H2,1-2H3,(H,16,18)/t12?,13-/m1/s1. The van der Waals surface area contributed by atoms with Crippen LogP contribution in [-0.2, 0) is 0 Å². The van der Waals surface area contributed by atoms with Crippen molar-refractivity contribution in [3.05, 3.63) is 35.9 Å². The Balaban J connectivity index is 1.91. The Labute approximate surface area is 109 Å². The number of amides is 2. The normalized spacial score (nSPS) is 21.4. The zero-order chi connectivity index (χ0) is 13.0. The third kappa shape index (κ3) is 3.25. The van der Waals surface area contributed by atoms with Gasteiger partial charge in [-0.15, -0.1) is 0 Å². The number of rotatable bonds is 2. The summed E-state index contributed by atoms with van der Waals surface area (Å²) in [6.45, 7) is 6.01. The van der Waals surface area contributed by atoms with Crippen LogP contribution < -0.4 is 5.32 Å². The Morgan fingerprint density at radius 3 is 2.78 bits per heavy atom. The molecule has 1 unspecified atom stereocenters. The molecule has 1 N–H and O–H groups in total. The number of nitrogens with zero attached hydrogens (tertiary/aromatic N) is 1. The smallest absolute Gasteiger partial charge is 0.317 e. The van der Waals surface area contributed by atoms with Gasteiger partial charge in [0, 0.05) is 13.1 Å². The van der Waals surface area contributed by atoms with Crippen molar-refractivity contribution in [2.45, 2.75) is 32.7 Å². The van der Waals surface area contributed by atoms with Crippen LogP contribution in [0, 0.1) is 5.92 Å². The van der Waals surface area contributed by atoms with Gasteiger partial charge in [0.2, 0.25) is 0 Å². The molecule has 1 aromatic carbocycles. The van der Waals surface area contributed by atoms with Gasteiger partial charge in [-0.05, 0) is 31.2 Å². The lowest BCUT2D eigenvalue weighted by atomic mass is 10.0. The zero-order valence-corrected chi connectivity index (χ0v) is 11.2. The first-order chi connectivity index (χ1) is 8.66. The van der Waals surface area contributed by atoms with Crippen LogP contribution in [0.25, 0.3) is 0 Å². The topological polar surface area (TPSA) is 32.3 Å². The molecule has 0 bridgehead atoms. The van der Waals surface area contributed by atoms with Gasteiger partial charge in [-0.25, -0.2) is 4.79 Å². The molecule has 1 aliphatic rings. The van der Waals surface area contributed by atoms with E-state index in [9.17, 15) is 4.79 Å². The second-order valence-electron chi connectivity index (χ2n) is 5.28. The Morgan fingerprint density at radius 1 is 1.39 bits per heavy atom. The second-order valence-corrected chi connectivity index (χ2v) is 5.28. The summed E-state index contributed by atoms with van der Waals surface area (Å²) in [5, 5.41) is 3.07. The third-order valence-corrected chi connectivity index (χ3v) is 3.58. The minimum absolute atomic E-state index is 0.0657. The van der Waals surface area contributed by atoms with Crippen LogP contribution in [0.3, 0.4) is 0 Å². The molecule has 3 nitrogen and oxygen atoms in total. The van der Waals surface area contributed by atoms with Gasteiger partial charge in [-0.2, -0.15) is 0 Å². The SMILES string of the molecule is CC1CCCN(C(=O)N[C@H](C)c2ccccc2)C1. The van der Waals surface area contributed by atoms with Crippen molar-refractivity contribution < 1.29 is 4.79 Å². The van der Waals surface area contributed by atoms with Crippen LogP contribution in [0.4, 0.5) is 4.79 Å². The molecule has 2 amide bonds. The summed E-state index contributed by atoms with van der Waals surface area (Å²) in [5.74, 6) is 0.622. The molecule has 0 spiro atoms. The average molecular weight is 246 g/mol. The maximum absolute atomic E-state index is 12.1. The van der Waals surface area contributed by atoms with Gasteiger partial charge in [0.05, 0.1) is 6.04 Å². The number of urea groups is 1. The predicted octanol–water partition coefficient (Wildman–Crippen LogP) is 3.19. The highest BCUT2D eigenvalue weighted by Crippen LogP contribution is 2.17. The number of benzene rings is 1. The largest absolute Gasteiger partial charge is 0.331 e. The number of nitrogens with one attached hydrogen (secondary N) is 1. The van der Waals surface area contributed by atoms with Gasteiger partial charge in [-0.1, -0.05) is 37.3 Å². The van der Waals surface area contributed by atoms with Gasteiger partial charge in [-0.3, -0.25) is 0 Å². The molecule has 3 heteroatoms. The predicted molar refractivity (Wildman–Crippen MR) is 73.4 cm³/mol. The molecule has 2 atom stereocenters. The number of carbonyl (C=O) groups excluding carboxylic acids is 1. The van der Waals surface area contributed by atoms with E-state index in [2.05, 4.69) is 12.2 Å². The van der Waals surface area contributed by atoms with E-state index in [0.29, 0.717) is 5.92 Å². The highest BCUT2D eigenvalue weighted by molar-refractivity contribution is 5.74. The molecule has 98 valence electrons. The molecule has 2 rings (SSSR count). The molecular weight excluding hydrogens is 224 g/mol. The molecule has 1 aliphatic heterocycles. The van der Waals surface area contributed by atoms with Crippen LogP contribution in [0.2, 0.25) is 0 Å². The van der Waals surface area contributed by atoms with E-state index < -0.39 is 0 Å². The number of hydrogen-bond acceptors (Lipinski definition) is 1. The lowest BCUT2D eigenvalue weighted by Gasteiger charge is -2.32. The van der Waals surface area contributed by atoms with Crippen molar-refractivity contribution >= 4 is 6.03 Å². The summed E-state index contributed by atoms with van der Waals surface area (Å²) in [6.07, 6.45) is 2.35. The molecule has 1 saturated heterocycles. The van der Waals surface area contributed by atoms with Crippen LogP contribution in [0.15, 0.2) is 30.3 Å². The van der Waals surface area contributed by atoms with Crippen molar-refractivity contribution in [2.24, 2.45) is 5.92 Å². The molecule has 1 fully saturated rings. The van der Waals surface area contributed by atoms with Crippen molar-refractivity contribution in [3.63, 3.8) is 0 Å². The van der Waals surface area contributed by atoms with Gasteiger partial charge >= 0.3 is 6.03 Å². The van der Waals surface area contributed by atoms with Crippen LogP contribution in [0.1, 0.15) is 38.3 Å². The molecule has 0 saturated carbocycles. The Bertz CT molecular complexity index is 391. The quantitative estimate of drug-likeness (QED) is 0.854. The average Bonchev–Trinajstić information content (AvgIpc) is 2.39. The number of hydrogen-bond donors (Lipinski definition) is 1. The lowest BCUT2D eigenvalue weighted by molar-refractivity contribution is 0.167. The van der Waals surface area contributed by atoms with Crippen molar-refractivity contribution in [1.82, 2.24) is 10.2 Å². The molecular formula is C15H22N2O. The molecule has 18 heavy (non-hydrogen) atoms. The highest BCUT2D eigenvalue weighted by Gasteiger charge is 2.21. The van der Waals surface area contributed by atoms with Gasteiger partial charge in [0.1, 0.15) is 0 Å². The van der Waals surface area contributed by atoms with E-state index in [1.807, 2.05) is 42.2 Å². The van der Waals surface area contributed by atoms with E-state index in [1.165, 1.54) is 6.42 Å². The Hall–Kier alpha value is -1.51. The van der Waals surface area contributed by atoms with E-state index in [0.717, 1.165) is 25.1 Å². The number of carbonyl (C=O) groups is 1.